The molecule has 0 aromatic heterocycles. The Hall–Kier alpha value is -0.550. The van der Waals surface area contributed by atoms with Crippen LogP contribution in [0.1, 0.15) is 44.7 Å². The third-order valence-corrected chi connectivity index (χ3v) is 3.53. The minimum Gasteiger partial charge on any atom is -0.308 e. The minimum absolute atomic E-state index is 0.0704. The van der Waals surface area contributed by atoms with Gasteiger partial charge < -0.3 is 5.32 Å². The predicted molar refractivity (Wildman–Crippen MR) is 75.1 cm³/mol. The molecule has 1 aromatic carbocycles. The van der Waals surface area contributed by atoms with E-state index < -0.39 is 12.6 Å². The molecule has 1 N–H and O–H groups in total. The molecule has 1 rings (SSSR count). The van der Waals surface area contributed by atoms with Gasteiger partial charge in [-0.2, -0.15) is 13.2 Å². The molecule has 0 aliphatic carbocycles. The minimum atomic E-state index is -4.04. The topological polar surface area (TPSA) is 12.0 Å². The summed E-state index contributed by atoms with van der Waals surface area (Å²) < 4.78 is 37.2. The van der Waals surface area contributed by atoms with Gasteiger partial charge >= 0.3 is 6.18 Å². The molecule has 0 fully saturated rings. The van der Waals surface area contributed by atoms with E-state index in [0.29, 0.717) is 6.42 Å². The fourth-order valence-corrected chi connectivity index (χ4v) is 2.23. The molecule has 2 atom stereocenters. The summed E-state index contributed by atoms with van der Waals surface area (Å²) in [5, 5.41) is 3.32. The van der Waals surface area contributed by atoms with E-state index in [-0.39, 0.29) is 18.5 Å². The Morgan fingerprint density at radius 2 is 1.74 bits per heavy atom. The second-order valence-corrected chi connectivity index (χ2v) is 5.76. The molecular formula is C14H19BrF3N. The standard InChI is InChI=1S/C14H19BrF3N/c1-10(4-3-9-14(16,17)18)19-11(2)12-5-7-13(15)8-6-12/h5-8,10-11,19H,3-4,9H2,1-2H3/t10?,11-/m1/s1. The van der Waals surface area contributed by atoms with Crippen molar-refractivity contribution < 1.29 is 13.2 Å². The molecule has 0 aliphatic heterocycles. The first-order chi connectivity index (χ1) is 8.78. The molecule has 0 aliphatic rings. The van der Waals surface area contributed by atoms with Crippen molar-refractivity contribution in [3.8, 4) is 0 Å². The highest BCUT2D eigenvalue weighted by Gasteiger charge is 2.26. The Kier molecular flexibility index (Phi) is 6.33. The fourth-order valence-electron chi connectivity index (χ4n) is 1.97. The number of alkyl halides is 3. The molecule has 1 aromatic rings. The summed E-state index contributed by atoms with van der Waals surface area (Å²) in [5.41, 5.74) is 1.13. The first-order valence-electron chi connectivity index (χ1n) is 6.36. The van der Waals surface area contributed by atoms with Gasteiger partial charge in [0.25, 0.3) is 0 Å². The quantitative estimate of drug-likeness (QED) is 0.750. The number of hydrogen-bond donors (Lipinski definition) is 1. The molecule has 0 saturated heterocycles. The lowest BCUT2D eigenvalue weighted by Crippen LogP contribution is -2.29. The van der Waals surface area contributed by atoms with Crippen LogP contribution in [0.15, 0.2) is 28.7 Å². The fraction of sp³-hybridized carbons (Fsp3) is 0.571. The van der Waals surface area contributed by atoms with Gasteiger partial charge in [-0.05, 0) is 44.4 Å². The van der Waals surface area contributed by atoms with E-state index in [1.54, 1.807) is 0 Å². The molecule has 0 amide bonds. The van der Waals surface area contributed by atoms with Crippen molar-refractivity contribution in [3.05, 3.63) is 34.3 Å². The average molecular weight is 338 g/mol. The van der Waals surface area contributed by atoms with Crippen molar-refractivity contribution in [1.29, 1.82) is 0 Å². The van der Waals surface area contributed by atoms with Crippen LogP contribution in [0.2, 0.25) is 0 Å². The van der Waals surface area contributed by atoms with Crippen LogP contribution < -0.4 is 5.32 Å². The molecule has 5 heteroatoms. The van der Waals surface area contributed by atoms with Gasteiger partial charge in [-0.3, -0.25) is 0 Å². The van der Waals surface area contributed by atoms with Crippen molar-refractivity contribution in [2.45, 2.75) is 51.4 Å². The SMILES string of the molecule is CC(CCCC(F)(F)F)N[C@H](C)c1ccc(Br)cc1. The first kappa shape index (κ1) is 16.5. The first-order valence-corrected chi connectivity index (χ1v) is 7.15. The molecular weight excluding hydrogens is 319 g/mol. The van der Waals surface area contributed by atoms with E-state index in [1.807, 2.05) is 38.1 Å². The van der Waals surface area contributed by atoms with Gasteiger partial charge in [0.2, 0.25) is 0 Å². The monoisotopic (exact) mass is 337 g/mol. The summed E-state index contributed by atoms with van der Waals surface area (Å²) in [4.78, 5) is 0. The Morgan fingerprint density at radius 1 is 1.16 bits per heavy atom. The van der Waals surface area contributed by atoms with Crippen LogP contribution in [-0.4, -0.2) is 12.2 Å². The van der Waals surface area contributed by atoms with Gasteiger partial charge in [-0.15, -0.1) is 0 Å². The second-order valence-electron chi connectivity index (χ2n) is 4.85. The van der Waals surface area contributed by atoms with Crippen LogP contribution in [-0.2, 0) is 0 Å². The van der Waals surface area contributed by atoms with Crippen LogP contribution >= 0.6 is 15.9 Å². The molecule has 108 valence electrons. The van der Waals surface area contributed by atoms with Crippen molar-refractivity contribution in [1.82, 2.24) is 5.32 Å². The van der Waals surface area contributed by atoms with Crippen LogP contribution in [0, 0.1) is 0 Å². The highest BCUT2D eigenvalue weighted by atomic mass is 79.9. The summed E-state index contributed by atoms with van der Waals surface area (Å²) in [5.74, 6) is 0. The van der Waals surface area contributed by atoms with Crippen LogP contribution in [0.25, 0.3) is 0 Å². The van der Waals surface area contributed by atoms with E-state index in [4.69, 9.17) is 0 Å². The van der Waals surface area contributed by atoms with Gasteiger partial charge in [-0.25, -0.2) is 0 Å². The van der Waals surface area contributed by atoms with Crippen molar-refractivity contribution in [3.63, 3.8) is 0 Å². The van der Waals surface area contributed by atoms with Crippen molar-refractivity contribution in [2.75, 3.05) is 0 Å². The molecule has 0 bridgehead atoms. The van der Waals surface area contributed by atoms with E-state index in [9.17, 15) is 13.2 Å². The number of rotatable bonds is 6. The van der Waals surface area contributed by atoms with E-state index >= 15 is 0 Å². The lowest BCUT2D eigenvalue weighted by molar-refractivity contribution is -0.135. The number of benzene rings is 1. The molecule has 0 spiro atoms. The number of nitrogens with one attached hydrogen (secondary N) is 1. The Morgan fingerprint density at radius 3 is 2.26 bits per heavy atom. The Bertz CT molecular complexity index is 375. The maximum atomic E-state index is 12.0. The van der Waals surface area contributed by atoms with Crippen LogP contribution in [0.3, 0.4) is 0 Å². The van der Waals surface area contributed by atoms with Gasteiger partial charge in [0.1, 0.15) is 0 Å². The number of halogens is 4. The van der Waals surface area contributed by atoms with Crippen LogP contribution in [0.5, 0.6) is 0 Å². The van der Waals surface area contributed by atoms with Gasteiger partial charge in [0.05, 0.1) is 0 Å². The van der Waals surface area contributed by atoms with E-state index in [2.05, 4.69) is 21.2 Å². The highest BCUT2D eigenvalue weighted by molar-refractivity contribution is 9.10. The highest BCUT2D eigenvalue weighted by Crippen LogP contribution is 2.23. The summed E-state index contributed by atoms with van der Waals surface area (Å²) >= 11 is 3.37. The zero-order valence-electron chi connectivity index (χ0n) is 11.1. The zero-order chi connectivity index (χ0) is 14.5. The van der Waals surface area contributed by atoms with Crippen molar-refractivity contribution in [2.24, 2.45) is 0 Å². The second kappa shape index (κ2) is 7.29. The molecule has 0 heterocycles. The molecule has 19 heavy (non-hydrogen) atoms. The third kappa shape index (κ3) is 6.97. The molecule has 1 unspecified atom stereocenters. The maximum Gasteiger partial charge on any atom is 0.389 e. The van der Waals surface area contributed by atoms with Gasteiger partial charge in [0.15, 0.2) is 0 Å². The van der Waals surface area contributed by atoms with E-state index in [1.165, 1.54) is 0 Å². The lowest BCUT2D eigenvalue weighted by Gasteiger charge is -2.20. The van der Waals surface area contributed by atoms with Crippen LogP contribution in [0.4, 0.5) is 13.2 Å². The summed E-state index contributed by atoms with van der Waals surface area (Å²) in [6.45, 7) is 3.94. The van der Waals surface area contributed by atoms with E-state index in [0.717, 1.165) is 10.0 Å². The van der Waals surface area contributed by atoms with Gasteiger partial charge in [-0.1, -0.05) is 28.1 Å². The number of hydrogen-bond acceptors (Lipinski definition) is 1. The molecule has 0 radical (unpaired) electrons. The normalized spacial score (nSPS) is 15.3. The van der Waals surface area contributed by atoms with Crippen molar-refractivity contribution >= 4 is 15.9 Å². The third-order valence-electron chi connectivity index (χ3n) is 3.00. The Balaban J connectivity index is 2.35. The zero-order valence-corrected chi connectivity index (χ0v) is 12.7. The largest absolute Gasteiger partial charge is 0.389 e. The summed E-state index contributed by atoms with van der Waals surface area (Å²) in [6.07, 6.45) is -4.05. The average Bonchev–Trinajstić information content (AvgIpc) is 2.27. The maximum absolute atomic E-state index is 12.0. The summed E-state index contributed by atoms with van der Waals surface area (Å²) in [6, 6.07) is 8.13. The predicted octanol–water partition coefficient (Wildman–Crippen LogP) is 5.22. The molecule has 1 nitrogen and oxygen atoms in total. The van der Waals surface area contributed by atoms with Gasteiger partial charge in [0, 0.05) is 23.0 Å². The molecule has 0 saturated carbocycles. The lowest BCUT2D eigenvalue weighted by atomic mass is 10.1. The Labute approximate surface area is 120 Å². The summed E-state index contributed by atoms with van der Waals surface area (Å²) in [7, 11) is 0. The smallest absolute Gasteiger partial charge is 0.308 e.